The lowest BCUT2D eigenvalue weighted by molar-refractivity contribution is 0.202. The molecule has 15 heavy (non-hydrogen) atoms. The number of nitrogens with zero attached hydrogens (tertiary/aromatic N) is 1. The minimum Gasteiger partial charge on any atom is -0.384 e. The minimum absolute atomic E-state index is 0.406. The first kappa shape index (κ1) is 12.6. The molecule has 1 atom stereocenters. The van der Waals surface area contributed by atoms with E-state index in [-0.39, 0.29) is 0 Å². The molecule has 0 saturated carbocycles. The maximum Gasteiger partial charge on any atom is 0.0954 e. The van der Waals surface area contributed by atoms with Crippen molar-refractivity contribution in [2.75, 3.05) is 20.3 Å². The van der Waals surface area contributed by atoms with E-state index in [1.807, 2.05) is 0 Å². The first-order chi connectivity index (χ1) is 7.19. The van der Waals surface area contributed by atoms with Crippen molar-refractivity contribution < 1.29 is 4.74 Å². The Morgan fingerprint density at radius 3 is 2.87 bits per heavy atom. The molecule has 0 aromatic carbocycles. The fourth-order valence-corrected chi connectivity index (χ4v) is 2.64. The number of thiazole rings is 1. The monoisotopic (exact) mass is 228 g/mol. The number of hydrogen-bond acceptors (Lipinski definition) is 4. The lowest BCUT2D eigenvalue weighted by atomic mass is 10.2. The highest BCUT2D eigenvalue weighted by Gasteiger charge is 2.12. The highest BCUT2D eigenvalue weighted by molar-refractivity contribution is 7.11. The molecular formula is C11H20N2OS. The third-order valence-electron chi connectivity index (χ3n) is 2.30. The van der Waals surface area contributed by atoms with Gasteiger partial charge in [0.05, 0.1) is 17.3 Å². The van der Waals surface area contributed by atoms with E-state index in [1.54, 1.807) is 18.4 Å². The van der Waals surface area contributed by atoms with Crippen LogP contribution < -0.4 is 5.32 Å². The second-order valence-electron chi connectivity index (χ2n) is 3.58. The number of methoxy groups -OCH3 is 1. The zero-order valence-corrected chi connectivity index (χ0v) is 10.8. The number of aryl methyl sites for hydroxylation is 1. The van der Waals surface area contributed by atoms with Gasteiger partial charge in [0.25, 0.3) is 0 Å². The highest BCUT2D eigenvalue weighted by atomic mass is 32.1. The van der Waals surface area contributed by atoms with Crippen LogP contribution in [0, 0.1) is 6.92 Å². The predicted octanol–water partition coefficient (Wildman–Crippen LogP) is 2.31. The molecule has 1 aromatic heterocycles. The molecule has 0 spiro atoms. The summed E-state index contributed by atoms with van der Waals surface area (Å²) in [7, 11) is 1.72. The number of rotatable bonds is 6. The lowest BCUT2D eigenvalue weighted by Crippen LogP contribution is -2.17. The van der Waals surface area contributed by atoms with E-state index in [9.17, 15) is 0 Å². The molecule has 0 fully saturated rings. The molecule has 0 saturated heterocycles. The zero-order valence-electron chi connectivity index (χ0n) is 9.96. The lowest BCUT2D eigenvalue weighted by Gasteiger charge is -2.09. The summed E-state index contributed by atoms with van der Waals surface area (Å²) in [5, 5.41) is 4.59. The van der Waals surface area contributed by atoms with Gasteiger partial charge in [-0.1, -0.05) is 6.92 Å². The Morgan fingerprint density at radius 1 is 1.53 bits per heavy atom. The van der Waals surface area contributed by atoms with Gasteiger partial charge in [0, 0.05) is 24.4 Å². The Balaban J connectivity index is 2.67. The van der Waals surface area contributed by atoms with Crippen molar-refractivity contribution in [2.45, 2.75) is 33.2 Å². The van der Waals surface area contributed by atoms with Gasteiger partial charge in [-0.15, -0.1) is 11.3 Å². The van der Waals surface area contributed by atoms with E-state index in [4.69, 9.17) is 4.74 Å². The van der Waals surface area contributed by atoms with Crippen LogP contribution in [0.4, 0.5) is 0 Å². The molecule has 0 aliphatic carbocycles. The maximum absolute atomic E-state index is 5.05. The Morgan fingerprint density at radius 2 is 2.27 bits per heavy atom. The standard InChI is InChI=1S/C11H20N2OS/c1-5-12-8(2)11-9(3)13-10(15-11)6-7-14-4/h8,12H,5-7H2,1-4H3. The molecule has 0 radical (unpaired) electrons. The van der Waals surface area contributed by atoms with Gasteiger partial charge in [0.2, 0.25) is 0 Å². The van der Waals surface area contributed by atoms with Crippen molar-refractivity contribution in [3.63, 3.8) is 0 Å². The molecule has 3 nitrogen and oxygen atoms in total. The molecule has 0 aliphatic rings. The van der Waals surface area contributed by atoms with Gasteiger partial charge in [-0.2, -0.15) is 0 Å². The van der Waals surface area contributed by atoms with Crippen molar-refractivity contribution in [3.8, 4) is 0 Å². The molecule has 0 aliphatic heterocycles. The van der Waals surface area contributed by atoms with Crippen LogP contribution >= 0.6 is 11.3 Å². The van der Waals surface area contributed by atoms with E-state index >= 15 is 0 Å². The van der Waals surface area contributed by atoms with E-state index in [0.29, 0.717) is 6.04 Å². The summed E-state index contributed by atoms with van der Waals surface area (Å²) in [5.74, 6) is 0. The number of aromatic nitrogens is 1. The van der Waals surface area contributed by atoms with E-state index < -0.39 is 0 Å². The summed E-state index contributed by atoms with van der Waals surface area (Å²) in [6.45, 7) is 8.13. The molecule has 1 heterocycles. The van der Waals surface area contributed by atoms with Crippen molar-refractivity contribution in [1.82, 2.24) is 10.3 Å². The first-order valence-corrected chi connectivity index (χ1v) is 6.19. The quantitative estimate of drug-likeness (QED) is 0.811. The third kappa shape index (κ3) is 3.55. The van der Waals surface area contributed by atoms with Crippen LogP contribution in [0.25, 0.3) is 0 Å². The number of ether oxygens (including phenoxy) is 1. The molecule has 0 bridgehead atoms. The normalized spacial score (nSPS) is 13.1. The minimum atomic E-state index is 0.406. The van der Waals surface area contributed by atoms with Gasteiger partial charge in [-0.25, -0.2) is 4.98 Å². The molecule has 1 rings (SSSR count). The summed E-state index contributed by atoms with van der Waals surface area (Å²) in [6.07, 6.45) is 0.918. The van der Waals surface area contributed by atoms with Crippen molar-refractivity contribution in [1.29, 1.82) is 0 Å². The molecular weight excluding hydrogens is 208 g/mol. The van der Waals surface area contributed by atoms with Gasteiger partial charge in [-0.05, 0) is 20.4 Å². The summed E-state index contributed by atoms with van der Waals surface area (Å²) >= 11 is 1.79. The van der Waals surface area contributed by atoms with E-state index in [2.05, 4.69) is 31.1 Å². The van der Waals surface area contributed by atoms with Crippen molar-refractivity contribution >= 4 is 11.3 Å². The average Bonchev–Trinajstić information content (AvgIpc) is 2.57. The van der Waals surface area contributed by atoms with Crippen LogP contribution in [0.1, 0.15) is 35.5 Å². The average molecular weight is 228 g/mol. The van der Waals surface area contributed by atoms with Crippen LogP contribution in [0.3, 0.4) is 0 Å². The van der Waals surface area contributed by atoms with Gasteiger partial charge in [0.1, 0.15) is 0 Å². The second-order valence-corrected chi connectivity index (χ2v) is 4.69. The van der Waals surface area contributed by atoms with Crippen LogP contribution in [-0.4, -0.2) is 25.2 Å². The Bertz CT molecular complexity index is 299. The fraction of sp³-hybridized carbons (Fsp3) is 0.727. The van der Waals surface area contributed by atoms with Crippen LogP contribution in [0.5, 0.6) is 0 Å². The number of nitrogens with one attached hydrogen (secondary N) is 1. The Hall–Kier alpha value is -0.450. The SMILES string of the molecule is CCNC(C)c1sc(CCOC)nc1C. The largest absolute Gasteiger partial charge is 0.384 e. The Labute approximate surface area is 95.9 Å². The van der Waals surface area contributed by atoms with Crippen molar-refractivity contribution in [3.05, 3.63) is 15.6 Å². The van der Waals surface area contributed by atoms with Crippen LogP contribution in [0.15, 0.2) is 0 Å². The highest BCUT2D eigenvalue weighted by Crippen LogP contribution is 2.25. The molecule has 0 amide bonds. The molecule has 1 unspecified atom stereocenters. The molecule has 86 valence electrons. The van der Waals surface area contributed by atoms with E-state index in [1.165, 1.54) is 9.88 Å². The molecule has 4 heteroatoms. The summed E-state index contributed by atoms with van der Waals surface area (Å²) < 4.78 is 5.05. The molecule has 1 aromatic rings. The van der Waals surface area contributed by atoms with Gasteiger partial charge >= 0.3 is 0 Å². The number of hydrogen-bond donors (Lipinski definition) is 1. The predicted molar refractivity (Wildman–Crippen MR) is 64.5 cm³/mol. The summed E-state index contributed by atoms with van der Waals surface area (Å²) in [4.78, 5) is 5.90. The summed E-state index contributed by atoms with van der Waals surface area (Å²) in [5.41, 5.74) is 1.15. The van der Waals surface area contributed by atoms with Gasteiger partial charge < -0.3 is 10.1 Å². The molecule has 1 N–H and O–H groups in total. The van der Waals surface area contributed by atoms with Gasteiger partial charge in [0.15, 0.2) is 0 Å². The van der Waals surface area contributed by atoms with Crippen LogP contribution in [0.2, 0.25) is 0 Å². The van der Waals surface area contributed by atoms with E-state index in [0.717, 1.165) is 25.3 Å². The first-order valence-electron chi connectivity index (χ1n) is 5.37. The Kier molecular flexibility index (Phi) is 5.22. The topological polar surface area (TPSA) is 34.1 Å². The zero-order chi connectivity index (χ0) is 11.3. The van der Waals surface area contributed by atoms with Crippen LogP contribution in [-0.2, 0) is 11.2 Å². The maximum atomic E-state index is 5.05. The fourth-order valence-electron chi connectivity index (χ4n) is 1.56. The summed E-state index contributed by atoms with van der Waals surface area (Å²) in [6, 6.07) is 0.406. The van der Waals surface area contributed by atoms with Gasteiger partial charge in [-0.3, -0.25) is 0 Å². The smallest absolute Gasteiger partial charge is 0.0954 e. The van der Waals surface area contributed by atoms with Crippen molar-refractivity contribution in [2.24, 2.45) is 0 Å². The second kappa shape index (κ2) is 6.20. The third-order valence-corrected chi connectivity index (χ3v) is 3.70.